The van der Waals surface area contributed by atoms with Gasteiger partial charge in [-0.25, -0.2) is 0 Å². The van der Waals surface area contributed by atoms with Gasteiger partial charge in [-0.3, -0.25) is 0 Å². The summed E-state index contributed by atoms with van der Waals surface area (Å²) >= 11 is 0. The van der Waals surface area contributed by atoms with Crippen molar-refractivity contribution in [2.75, 3.05) is 6.61 Å². The SMILES string of the molecule is CC(C)(O)[C@@H]1CC[C@@]2(C)CCC[C@@]3(CO)O[C@@]23[C@@H]1O. The van der Waals surface area contributed by atoms with Crippen molar-refractivity contribution in [2.24, 2.45) is 11.3 Å². The van der Waals surface area contributed by atoms with E-state index in [-0.39, 0.29) is 17.9 Å². The number of hydrogen-bond donors (Lipinski definition) is 3. The molecule has 0 amide bonds. The zero-order valence-electron chi connectivity index (χ0n) is 12.1. The van der Waals surface area contributed by atoms with Crippen molar-refractivity contribution < 1.29 is 20.1 Å². The molecule has 1 aliphatic heterocycles. The number of aliphatic hydroxyl groups is 3. The first-order valence-electron chi connectivity index (χ1n) is 7.44. The molecule has 1 spiro atoms. The van der Waals surface area contributed by atoms with Crippen molar-refractivity contribution in [1.82, 2.24) is 0 Å². The molecule has 3 N–H and O–H groups in total. The molecule has 1 heterocycles. The van der Waals surface area contributed by atoms with E-state index in [4.69, 9.17) is 4.74 Å². The molecule has 3 fully saturated rings. The minimum atomic E-state index is -0.917. The number of hydrogen-bond acceptors (Lipinski definition) is 4. The first-order valence-corrected chi connectivity index (χ1v) is 7.44. The predicted molar refractivity (Wildman–Crippen MR) is 70.6 cm³/mol. The first kappa shape index (κ1) is 13.8. The van der Waals surface area contributed by atoms with Crippen molar-refractivity contribution in [3.63, 3.8) is 0 Å². The molecule has 110 valence electrons. The smallest absolute Gasteiger partial charge is 0.132 e. The Morgan fingerprint density at radius 2 is 1.95 bits per heavy atom. The Morgan fingerprint density at radius 1 is 1.26 bits per heavy atom. The van der Waals surface area contributed by atoms with E-state index in [9.17, 15) is 15.3 Å². The molecular formula is C15H26O4. The van der Waals surface area contributed by atoms with Crippen molar-refractivity contribution in [3.05, 3.63) is 0 Å². The van der Waals surface area contributed by atoms with Crippen LogP contribution in [0.5, 0.6) is 0 Å². The van der Waals surface area contributed by atoms with Gasteiger partial charge < -0.3 is 20.1 Å². The van der Waals surface area contributed by atoms with Crippen LogP contribution in [0, 0.1) is 11.3 Å². The van der Waals surface area contributed by atoms with Gasteiger partial charge in [-0.2, -0.15) is 0 Å². The van der Waals surface area contributed by atoms with Crippen LogP contribution in [-0.2, 0) is 4.74 Å². The molecule has 0 aromatic rings. The normalized spacial score (nSPS) is 53.4. The van der Waals surface area contributed by atoms with Crippen molar-refractivity contribution in [1.29, 1.82) is 0 Å². The molecule has 2 aliphatic carbocycles. The molecule has 3 aliphatic rings. The molecule has 2 saturated carbocycles. The second-order valence-corrected chi connectivity index (χ2v) is 7.65. The first-order chi connectivity index (χ1) is 8.72. The van der Waals surface area contributed by atoms with E-state index in [0.717, 1.165) is 32.1 Å². The largest absolute Gasteiger partial charge is 0.393 e. The fourth-order valence-electron chi connectivity index (χ4n) is 5.02. The van der Waals surface area contributed by atoms with Gasteiger partial charge in [0.25, 0.3) is 0 Å². The van der Waals surface area contributed by atoms with Gasteiger partial charge in [0.15, 0.2) is 0 Å². The van der Waals surface area contributed by atoms with E-state index < -0.39 is 22.9 Å². The Bertz CT molecular complexity index is 390. The Balaban J connectivity index is 1.99. The Morgan fingerprint density at radius 3 is 2.53 bits per heavy atom. The molecule has 19 heavy (non-hydrogen) atoms. The molecule has 5 atom stereocenters. The van der Waals surface area contributed by atoms with Crippen LogP contribution < -0.4 is 0 Å². The third kappa shape index (κ3) is 1.49. The molecule has 4 heteroatoms. The lowest BCUT2D eigenvalue weighted by Crippen LogP contribution is -2.62. The van der Waals surface area contributed by atoms with Crippen molar-refractivity contribution >= 4 is 0 Å². The van der Waals surface area contributed by atoms with Gasteiger partial charge in [0.2, 0.25) is 0 Å². The lowest BCUT2D eigenvalue weighted by Gasteiger charge is -2.52. The van der Waals surface area contributed by atoms with Crippen molar-refractivity contribution in [2.45, 2.75) is 75.8 Å². The summed E-state index contributed by atoms with van der Waals surface area (Å²) in [6.45, 7) is 5.66. The molecule has 0 bridgehead atoms. The van der Waals surface area contributed by atoms with Gasteiger partial charge in [-0.05, 0) is 46.0 Å². The monoisotopic (exact) mass is 270 g/mol. The van der Waals surface area contributed by atoms with E-state index in [0.29, 0.717) is 0 Å². The highest BCUT2D eigenvalue weighted by Gasteiger charge is 2.82. The van der Waals surface area contributed by atoms with Gasteiger partial charge >= 0.3 is 0 Å². The summed E-state index contributed by atoms with van der Waals surface area (Å²) < 4.78 is 6.04. The molecule has 3 rings (SSSR count). The topological polar surface area (TPSA) is 73.2 Å². The van der Waals surface area contributed by atoms with Crippen LogP contribution in [0.3, 0.4) is 0 Å². The lowest BCUT2D eigenvalue weighted by molar-refractivity contribution is -0.142. The molecular weight excluding hydrogens is 244 g/mol. The van der Waals surface area contributed by atoms with E-state index >= 15 is 0 Å². The minimum absolute atomic E-state index is 0.0295. The highest BCUT2D eigenvalue weighted by atomic mass is 16.7. The van der Waals surface area contributed by atoms with Crippen LogP contribution in [0.2, 0.25) is 0 Å². The molecule has 0 radical (unpaired) electrons. The highest BCUT2D eigenvalue weighted by Crippen LogP contribution is 2.71. The summed E-state index contributed by atoms with van der Waals surface area (Å²) in [4.78, 5) is 0. The Hall–Kier alpha value is -0.160. The zero-order valence-corrected chi connectivity index (χ0v) is 12.1. The molecule has 4 nitrogen and oxygen atoms in total. The summed E-state index contributed by atoms with van der Waals surface area (Å²) in [5.74, 6) is -0.188. The second kappa shape index (κ2) is 3.73. The third-order valence-electron chi connectivity index (χ3n) is 6.16. The summed E-state index contributed by atoms with van der Waals surface area (Å²) in [6.07, 6.45) is 3.95. The summed E-state index contributed by atoms with van der Waals surface area (Å²) in [7, 11) is 0. The van der Waals surface area contributed by atoms with E-state index in [1.165, 1.54) is 0 Å². The van der Waals surface area contributed by atoms with Gasteiger partial charge in [-0.1, -0.05) is 6.92 Å². The van der Waals surface area contributed by atoms with Gasteiger partial charge in [-0.15, -0.1) is 0 Å². The summed E-state index contributed by atoms with van der Waals surface area (Å²) in [5, 5.41) is 30.9. The average Bonchev–Trinajstić information content (AvgIpc) is 2.99. The van der Waals surface area contributed by atoms with Crippen LogP contribution in [0.4, 0.5) is 0 Å². The minimum Gasteiger partial charge on any atom is -0.393 e. The highest BCUT2D eigenvalue weighted by molar-refractivity contribution is 5.30. The van der Waals surface area contributed by atoms with E-state index in [2.05, 4.69) is 6.92 Å². The van der Waals surface area contributed by atoms with Crippen LogP contribution in [0.1, 0.15) is 52.9 Å². The quantitative estimate of drug-likeness (QED) is 0.660. The average molecular weight is 270 g/mol. The maximum absolute atomic E-state index is 10.9. The van der Waals surface area contributed by atoms with Crippen LogP contribution >= 0.6 is 0 Å². The van der Waals surface area contributed by atoms with E-state index in [1.54, 1.807) is 13.8 Å². The van der Waals surface area contributed by atoms with Crippen LogP contribution in [0.15, 0.2) is 0 Å². The Labute approximate surface area is 114 Å². The number of ether oxygens (including phenoxy) is 1. The number of rotatable bonds is 2. The lowest BCUT2D eigenvalue weighted by atomic mass is 9.52. The number of aliphatic hydroxyl groups excluding tert-OH is 2. The third-order valence-corrected chi connectivity index (χ3v) is 6.16. The fourth-order valence-corrected chi connectivity index (χ4v) is 5.02. The fraction of sp³-hybridized carbons (Fsp3) is 1.00. The molecule has 0 aromatic carbocycles. The predicted octanol–water partition coefficient (Wildman–Crippen LogP) is 1.22. The van der Waals surface area contributed by atoms with Gasteiger partial charge in [0, 0.05) is 11.3 Å². The van der Waals surface area contributed by atoms with Crippen LogP contribution in [0.25, 0.3) is 0 Å². The molecule has 1 saturated heterocycles. The number of epoxide rings is 1. The summed E-state index contributed by atoms with van der Waals surface area (Å²) in [6, 6.07) is 0. The Kier molecular flexibility index (Phi) is 2.71. The maximum Gasteiger partial charge on any atom is 0.132 e. The molecule has 0 aromatic heterocycles. The molecule has 0 unspecified atom stereocenters. The van der Waals surface area contributed by atoms with Crippen LogP contribution in [-0.4, -0.2) is 44.8 Å². The maximum atomic E-state index is 10.9. The summed E-state index contributed by atoms with van der Waals surface area (Å²) in [5.41, 5.74) is -2.20. The second-order valence-electron chi connectivity index (χ2n) is 7.65. The van der Waals surface area contributed by atoms with E-state index in [1.807, 2.05) is 0 Å². The van der Waals surface area contributed by atoms with Gasteiger partial charge in [0.1, 0.15) is 11.2 Å². The standard InChI is InChI=1S/C15H26O4/c1-12(2,18)10-5-8-13(3)6-4-7-14(9-16)15(13,19-14)11(10)17/h10-11,16-18H,4-9H2,1-3H3/t10-,11-,13-,14+,15+/m1/s1. The van der Waals surface area contributed by atoms with Crippen molar-refractivity contribution in [3.8, 4) is 0 Å². The zero-order chi connectivity index (χ0) is 14.1. The van der Waals surface area contributed by atoms with Gasteiger partial charge in [0.05, 0.1) is 18.3 Å².